The number of rotatable bonds is 2. The summed E-state index contributed by atoms with van der Waals surface area (Å²) in [7, 11) is 0. The van der Waals surface area contributed by atoms with Crippen LogP contribution in [0, 0.1) is 6.92 Å². The third kappa shape index (κ3) is 1.97. The van der Waals surface area contributed by atoms with Crippen LogP contribution >= 0.6 is 0 Å². The van der Waals surface area contributed by atoms with Crippen molar-refractivity contribution >= 4 is 0 Å². The molecule has 0 aromatic heterocycles. The lowest BCUT2D eigenvalue weighted by Gasteiger charge is -2.02. The Morgan fingerprint density at radius 1 is 1.45 bits per heavy atom. The van der Waals surface area contributed by atoms with Crippen LogP contribution in [0.4, 0.5) is 0 Å². The number of hydrogen-bond donors (Lipinski definition) is 1. The Bertz CT molecular complexity index is 241. The van der Waals surface area contributed by atoms with Crippen molar-refractivity contribution in [3.05, 3.63) is 36.2 Å². The number of hydrogen-bond acceptors (Lipinski definition) is 1. The van der Waals surface area contributed by atoms with Gasteiger partial charge in [-0.2, -0.15) is 0 Å². The molecule has 1 nitrogen and oxygen atoms in total. The summed E-state index contributed by atoms with van der Waals surface area (Å²) in [5.74, 6) is 0.388. The fourth-order valence-electron chi connectivity index (χ4n) is 1.11. The maximum atomic E-state index is 9.34. The molecular weight excluding hydrogens is 136 g/mol. The van der Waals surface area contributed by atoms with Gasteiger partial charge in [-0.15, -0.1) is 0 Å². The molecular formula is C10H13O. The zero-order valence-corrected chi connectivity index (χ0v) is 6.80. The van der Waals surface area contributed by atoms with Gasteiger partial charge in [0.25, 0.3) is 0 Å². The fourth-order valence-corrected chi connectivity index (χ4v) is 1.11. The van der Waals surface area contributed by atoms with E-state index in [4.69, 9.17) is 0 Å². The van der Waals surface area contributed by atoms with Crippen LogP contribution in [0.2, 0.25) is 0 Å². The van der Waals surface area contributed by atoms with E-state index in [-0.39, 0.29) is 0 Å². The second-order valence-electron chi connectivity index (χ2n) is 2.71. The fraction of sp³-hybridized carbons (Fsp3) is 0.300. The highest BCUT2D eigenvalue weighted by atomic mass is 16.3. The quantitative estimate of drug-likeness (QED) is 0.685. The molecule has 0 atom stereocenters. The first-order valence-electron chi connectivity index (χ1n) is 3.88. The molecule has 1 radical (unpaired) electrons. The molecule has 59 valence electrons. The molecule has 0 bridgehead atoms. The monoisotopic (exact) mass is 149 g/mol. The van der Waals surface area contributed by atoms with Gasteiger partial charge >= 0.3 is 0 Å². The molecule has 0 fully saturated rings. The van der Waals surface area contributed by atoms with Gasteiger partial charge in [0, 0.05) is 0 Å². The highest BCUT2D eigenvalue weighted by Crippen LogP contribution is 2.19. The van der Waals surface area contributed by atoms with E-state index >= 15 is 0 Å². The lowest BCUT2D eigenvalue weighted by Crippen LogP contribution is -1.84. The van der Waals surface area contributed by atoms with E-state index in [1.165, 1.54) is 0 Å². The molecule has 0 unspecified atom stereocenters. The summed E-state index contributed by atoms with van der Waals surface area (Å²) in [5.41, 5.74) is 1.96. The van der Waals surface area contributed by atoms with E-state index < -0.39 is 0 Å². The van der Waals surface area contributed by atoms with Gasteiger partial charge in [0.1, 0.15) is 5.75 Å². The highest BCUT2D eigenvalue weighted by molar-refractivity contribution is 5.37. The van der Waals surface area contributed by atoms with Crippen molar-refractivity contribution < 1.29 is 5.11 Å². The van der Waals surface area contributed by atoms with E-state index in [0.717, 1.165) is 24.0 Å². The Morgan fingerprint density at radius 2 is 2.18 bits per heavy atom. The summed E-state index contributed by atoms with van der Waals surface area (Å²) in [6.07, 6.45) is 1.98. The minimum atomic E-state index is 0.388. The minimum absolute atomic E-state index is 0.388. The lowest BCUT2D eigenvalue weighted by atomic mass is 10.1. The summed E-state index contributed by atoms with van der Waals surface area (Å²) in [6, 6.07) is 5.45. The molecule has 1 heteroatoms. The third-order valence-electron chi connectivity index (χ3n) is 1.66. The second kappa shape index (κ2) is 3.42. The normalized spacial score (nSPS) is 10.0. The molecule has 0 aliphatic heterocycles. The van der Waals surface area contributed by atoms with Gasteiger partial charge in [-0.1, -0.05) is 25.5 Å². The minimum Gasteiger partial charge on any atom is -0.508 e. The van der Waals surface area contributed by atoms with Gasteiger partial charge in [0.05, 0.1) is 0 Å². The van der Waals surface area contributed by atoms with Crippen molar-refractivity contribution in [1.29, 1.82) is 0 Å². The van der Waals surface area contributed by atoms with Crippen LogP contribution in [-0.4, -0.2) is 5.11 Å². The molecule has 0 aliphatic carbocycles. The van der Waals surface area contributed by atoms with Gasteiger partial charge in [0.15, 0.2) is 0 Å². The summed E-state index contributed by atoms with van der Waals surface area (Å²) in [6.45, 7) is 5.89. The Kier molecular flexibility index (Phi) is 2.53. The molecule has 1 aromatic rings. The molecule has 1 aromatic carbocycles. The zero-order valence-electron chi connectivity index (χ0n) is 6.80. The van der Waals surface area contributed by atoms with Crippen molar-refractivity contribution in [2.24, 2.45) is 0 Å². The average molecular weight is 149 g/mol. The van der Waals surface area contributed by atoms with E-state index in [2.05, 4.69) is 13.8 Å². The zero-order chi connectivity index (χ0) is 8.27. The predicted octanol–water partition coefficient (Wildman–Crippen LogP) is 2.53. The Balaban J connectivity index is 2.93. The Morgan fingerprint density at radius 3 is 2.82 bits per heavy atom. The second-order valence-corrected chi connectivity index (χ2v) is 2.71. The molecule has 11 heavy (non-hydrogen) atoms. The Labute approximate surface area is 67.7 Å². The van der Waals surface area contributed by atoms with Crippen molar-refractivity contribution in [2.45, 2.75) is 19.8 Å². The van der Waals surface area contributed by atoms with Crippen LogP contribution in [-0.2, 0) is 6.42 Å². The van der Waals surface area contributed by atoms with E-state index in [0.29, 0.717) is 5.75 Å². The molecule has 0 amide bonds. The van der Waals surface area contributed by atoms with Gasteiger partial charge in [-0.3, -0.25) is 0 Å². The molecule has 0 heterocycles. The average Bonchev–Trinajstić information content (AvgIpc) is 1.98. The van der Waals surface area contributed by atoms with Crippen LogP contribution in [0.25, 0.3) is 0 Å². The smallest absolute Gasteiger partial charge is 0.118 e. The SMILES string of the molecule is [CH2]c1ccc(O)c(CCC)c1. The summed E-state index contributed by atoms with van der Waals surface area (Å²) >= 11 is 0. The van der Waals surface area contributed by atoms with Gasteiger partial charge in [-0.05, 0) is 30.5 Å². The molecule has 0 saturated carbocycles. The standard InChI is InChI=1S/C10H13O/c1-3-4-9-7-8(2)5-6-10(9)11/h5-7,11H,2-4H2,1H3. The van der Waals surface area contributed by atoms with Crippen molar-refractivity contribution in [3.63, 3.8) is 0 Å². The number of aryl methyl sites for hydroxylation is 1. The van der Waals surface area contributed by atoms with E-state index in [1.54, 1.807) is 6.07 Å². The number of phenolic OH excluding ortho intramolecular Hbond substituents is 1. The first kappa shape index (κ1) is 8.12. The van der Waals surface area contributed by atoms with Gasteiger partial charge in [-0.25, -0.2) is 0 Å². The largest absolute Gasteiger partial charge is 0.508 e. The topological polar surface area (TPSA) is 20.2 Å². The number of phenols is 1. The number of aromatic hydroxyl groups is 1. The van der Waals surface area contributed by atoms with Crippen LogP contribution in [0.1, 0.15) is 24.5 Å². The molecule has 1 rings (SSSR count). The van der Waals surface area contributed by atoms with Crippen molar-refractivity contribution in [2.75, 3.05) is 0 Å². The molecule has 0 spiro atoms. The lowest BCUT2D eigenvalue weighted by molar-refractivity contribution is 0.467. The third-order valence-corrected chi connectivity index (χ3v) is 1.66. The molecule has 0 saturated heterocycles. The summed E-state index contributed by atoms with van der Waals surface area (Å²) in [5, 5.41) is 9.34. The van der Waals surface area contributed by atoms with Gasteiger partial charge in [0.2, 0.25) is 0 Å². The maximum Gasteiger partial charge on any atom is 0.118 e. The van der Waals surface area contributed by atoms with Crippen LogP contribution in [0.5, 0.6) is 5.75 Å². The first-order chi connectivity index (χ1) is 5.24. The van der Waals surface area contributed by atoms with E-state index in [9.17, 15) is 5.11 Å². The van der Waals surface area contributed by atoms with Crippen LogP contribution in [0.3, 0.4) is 0 Å². The number of benzene rings is 1. The molecule has 0 aliphatic rings. The summed E-state index contributed by atoms with van der Waals surface area (Å²) < 4.78 is 0. The van der Waals surface area contributed by atoms with E-state index in [1.807, 2.05) is 12.1 Å². The predicted molar refractivity (Wildman–Crippen MR) is 46.6 cm³/mol. The van der Waals surface area contributed by atoms with Crippen LogP contribution in [0.15, 0.2) is 18.2 Å². The summed E-state index contributed by atoms with van der Waals surface area (Å²) in [4.78, 5) is 0. The first-order valence-corrected chi connectivity index (χ1v) is 3.88. The van der Waals surface area contributed by atoms with Crippen molar-refractivity contribution in [1.82, 2.24) is 0 Å². The van der Waals surface area contributed by atoms with Crippen LogP contribution < -0.4 is 0 Å². The maximum absolute atomic E-state index is 9.34. The van der Waals surface area contributed by atoms with Gasteiger partial charge < -0.3 is 5.11 Å². The Hall–Kier alpha value is -0.980. The molecule has 1 N–H and O–H groups in total. The van der Waals surface area contributed by atoms with Crippen molar-refractivity contribution in [3.8, 4) is 5.75 Å². The highest BCUT2D eigenvalue weighted by Gasteiger charge is 1.98.